The molecule has 0 bridgehead atoms. The Kier molecular flexibility index (Phi) is 3.28. The third kappa shape index (κ3) is 2.36. The quantitative estimate of drug-likeness (QED) is 0.886. The molecule has 1 saturated carbocycles. The number of carbonyl (C=O) groups excluding carboxylic acids is 2. The van der Waals surface area contributed by atoms with E-state index < -0.39 is 0 Å². The van der Waals surface area contributed by atoms with Gasteiger partial charge in [0.25, 0.3) is 5.91 Å². The maximum atomic E-state index is 12.9. The molecular formula is C16H19N5O2. The molecule has 2 aromatic heterocycles. The average Bonchev–Trinajstić information content (AvgIpc) is 3.18. The Morgan fingerprint density at radius 1 is 1.39 bits per heavy atom. The van der Waals surface area contributed by atoms with Gasteiger partial charge in [0.05, 0.1) is 5.56 Å². The molecule has 7 heteroatoms. The lowest BCUT2D eigenvalue weighted by atomic mass is 9.89. The fraction of sp³-hybridized carbons (Fsp3) is 0.500. The van der Waals surface area contributed by atoms with Crippen LogP contribution in [0.3, 0.4) is 0 Å². The Balaban J connectivity index is 1.55. The highest BCUT2D eigenvalue weighted by Crippen LogP contribution is 2.38. The molecule has 2 aromatic rings. The zero-order valence-corrected chi connectivity index (χ0v) is 13.0. The van der Waals surface area contributed by atoms with Crippen LogP contribution in [0.5, 0.6) is 0 Å². The van der Waals surface area contributed by atoms with E-state index in [-0.39, 0.29) is 17.9 Å². The van der Waals surface area contributed by atoms with Crippen LogP contribution in [0.2, 0.25) is 0 Å². The van der Waals surface area contributed by atoms with E-state index in [0.717, 1.165) is 19.4 Å². The lowest BCUT2D eigenvalue weighted by molar-refractivity contribution is -0.124. The maximum absolute atomic E-state index is 12.9. The van der Waals surface area contributed by atoms with E-state index in [1.54, 1.807) is 16.8 Å². The van der Waals surface area contributed by atoms with Gasteiger partial charge < -0.3 is 10.2 Å². The van der Waals surface area contributed by atoms with Crippen molar-refractivity contribution in [3.8, 4) is 0 Å². The first-order valence-electron chi connectivity index (χ1n) is 7.95. The normalized spacial score (nSPS) is 26.8. The standard InChI is InChI=1S/C16H19N5O2/c1-20(12-5-10-7-14(22)17-8-11(10)6-12)16(23)13-3-2-4-21-9-18-19-15(13)21/h2-4,9-12H,5-8H2,1H3,(H,17,22)/t10-,11+,12-/m0/s1. The van der Waals surface area contributed by atoms with Crippen LogP contribution in [0.25, 0.3) is 5.65 Å². The first-order valence-corrected chi connectivity index (χ1v) is 7.95. The summed E-state index contributed by atoms with van der Waals surface area (Å²) >= 11 is 0. The van der Waals surface area contributed by atoms with E-state index in [9.17, 15) is 9.59 Å². The van der Waals surface area contributed by atoms with Crippen molar-refractivity contribution in [2.24, 2.45) is 11.8 Å². The van der Waals surface area contributed by atoms with Crippen molar-refractivity contribution < 1.29 is 9.59 Å². The van der Waals surface area contributed by atoms with Gasteiger partial charge in [-0.25, -0.2) is 0 Å². The molecule has 3 atom stereocenters. The molecule has 0 radical (unpaired) electrons. The number of pyridine rings is 1. The second-order valence-corrected chi connectivity index (χ2v) is 6.55. The number of nitrogens with zero attached hydrogens (tertiary/aromatic N) is 4. The van der Waals surface area contributed by atoms with Gasteiger partial charge in [0, 0.05) is 32.3 Å². The van der Waals surface area contributed by atoms with Gasteiger partial charge in [0.1, 0.15) is 6.33 Å². The number of hydrogen-bond acceptors (Lipinski definition) is 4. The van der Waals surface area contributed by atoms with Crippen molar-refractivity contribution >= 4 is 17.5 Å². The highest BCUT2D eigenvalue weighted by Gasteiger charge is 2.40. The van der Waals surface area contributed by atoms with Gasteiger partial charge in [-0.1, -0.05) is 0 Å². The van der Waals surface area contributed by atoms with Gasteiger partial charge in [-0.05, 0) is 36.8 Å². The van der Waals surface area contributed by atoms with E-state index in [1.807, 2.05) is 24.2 Å². The topological polar surface area (TPSA) is 79.6 Å². The van der Waals surface area contributed by atoms with Crippen molar-refractivity contribution in [3.63, 3.8) is 0 Å². The Morgan fingerprint density at radius 3 is 3.09 bits per heavy atom. The van der Waals surface area contributed by atoms with Crippen molar-refractivity contribution in [1.29, 1.82) is 0 Å². The number of nitrogens with one attached hydrogen (secondary N) is 1. The van der Waals surface area contributed by atoms with E-state index >= 15 is 0 Å². The summed E-state index contributed by atoms with van der Waals surface area (Å²) in [5.74, 6) is 0.977. The minimum Gasteiger partial charge on any atom is -0.356 e. The van der Waals surface area contributed by atoms with E-state index in [0.29, 0.717) is 29.5 Å². The Morgan fingerprint density at radius 2 is 2.22 bits per heavy atom. The van der Waals surface area contributed by atoms with Gasteiger partial charge in [-0.2, -0.15) is 0 Å². The number of carbonyl (C=O) groups is 2. The van der Waals surface area contributed by atoms with E-state index in [2.05, 4.69) is 15.5 Å². The molecule has 7 nitrogen and oxygen atoms in total. The zero-order valence-electron chi connectivity index (χ0n) is 13.0. The van der Waals surface area contributed by atoms with Gasteiger partial charge in [0.2, 0.25) is 5.91 Å². The molecule has 0 spiro atoms. The third-order valence-electron chi connectivity index (χ3n) is 5.25. The first kappa shape index (κ1) is 14.2. The Bertz CT molecular complexity index is 771. The molecule has 1 aliphatic heterocycles. The van der Waals surface area contributed by atoms with E-state index in [4.69, 9.17) is 0 Å². The summed E-state index contributed by atoms with van der Waals surface area (Å²) in [6.45, 7) is 0.738. The van der Waals surface area contributed by atoms with Gasteiger partial charge >= 0.3 is 0 Å². The van der Waals surface area contributed by atoms with Crippen LogP contribution in [-0.2, 0) is 4.79 Å². The minimum absolute atomic E-state index is 0.0356. The van der Waals surface area contributed by atoms with Crippen LogP contribution < -0.4 is 5.32 Å². The molecular weight excluding hydrogens is 294 g/mol. The summed E-state index contributed by atoms with van der Waals surface area (Å²) in [4.78, 5) is 26.2. The van der Waals surface area contributed by atoms with Gasteiger partial charge in [0.15, 0.2) is 5.65 Å². The number of amides is 2. The molecule has 3 heterocycles. The van der Waals surface area contributed by atoms with Crippen LogP contribution in [0.1, 0.15) is 29.6 Å². The number of piperidine rings is 1. The summed E-state index contributed by atoms with van der Waals surface area (Å²) < 4.78 is 1.75. The predicted octanol–water partition coefficient (Wildman–Crippen LogP) is 0.716. The predicted molar refractivity (Wildman–Crippen MR) is 82.7 cm³/mol. The summed E-state index contributed by atoms with van der Waals surface area (Å²) in [5.41, 5.74) is 1.15. The molecule has 2 amide bonds. The maximum Gasteiger partial charge on any atom is 0.257 e. The molecule has 120 valence electrons. The monoisotopic (exact) mass is 313 g/mol. The highest BCUT2D eigenvalue weighted by molar-refractivity contribution is 5.99. The fourth-order valence-electron chi connectivity index (χ4n) is 3.93. The molecule has 2 aliphatic rings. The molecule has 4 rings (SSSR count). The van der Waals surface area contributed by atoms with Gasteiger partial charge in [-0.3, -0.25) is 14.0 Å². The van der Waals surface area contributed by atoms with Crippen LogP contribution >= 0.6 is 0 Å². The van der Waals surface area contributed by atoms with Crippen molar-refractivity contribution in [2.75, 3.05) is 13.6 Å². The lowest BCUT2D eigenvalue weighted by Gasteiger charge is -2.25. The van der Waals surface area contributed by atoms with Gasteiger partial charge in [-0.15, -0.1) is 10.2 Å². The van der Waals surface area contributed by atoms with Crippen LogP contribution in [0, 0.1) is 11.8 Å². The summed E-state index contributed by atoms with van der Waals surface area (Å²) in [7, 11) is 1.85. The molecule has 1 N–H and O–H groups in total. The number of aromatic nitrogens is 3. The van der Waals surface area contributed by atoms with Crippen LogP contribution in [0.15, 0.2) is 24.7 Å². The lowest BCUT2D eigenvalue weighted by Crippen LogP contribution is -2.38. The number of hydrogen-bond donors (Lipinski definition) is 1. The minimum atomic E-state index is -0.0356. The Labute approximate surface area is 133 Å². The van der Waals surface area contributed by atoms with Crippen molar-refractivity contribution in [2.45, 2.75) is 25.3 Å². The molecule has 0 unspecified atom stereocenters. The summed E-state index contributed by atoms with van der Waals surface area (Å²) in [6.07, 6.45) is 5.85. The van der Waals surface area contributed by atoms with E-state index in [1.165, 1.54) is 0 Å². The van der Waals surface area contributed by atoms with Crippen molar-refractivity contribution in [3.05, 3.63) is 30.2 Å². The molecule has 23 heavy (non-hydrogen) atoms. The SMILES string of the molecule is CN(C(=O)c1cccn2cnnc12)[C@H]1C[C@H]2CC(=O)NC[C@H]2C1. The molecule has 0 aromatic carbocycles. The van der Waals surface area contributed by atoms with Crippen LogP contribution in [0.4, 0.5) is 0 Å². The smallest absolute Gasteiger partial charge is 0.257 e. The third-order valence-corrected chi connectivity index (χ3v) is 5.25. The molecule has 1 aliphatic carbocycles. The second kappa shape index (κ2) is 5.33. The number of rotatable bonds is 2. The largest absolute Gasteiger partial charge is 0.356 e. The second-order valence-electron chi connectivity index (χ2n) is 6.55. The summed E-state index contributed by atoms with van der Waals surface area (Å²) in [5, 5.41) is 10.8. The zero-order chi connectivity index (χ0) is 16.0. The molecule has 1 saturated heterocycles. The molecule has 2 fully saturated rings. The van der Waals surface area contributed by atoms with Crippen LogP contribution in [-0.4, -0.2) is 50.9 Å². The Hall–Kier alpha value is -2.44. The van der Waals surface area contributed by atoms with Crippen molar-refractivity contribution in [1.82, 2.24) is 24.8 Å². The summed E-state index contributed by atoms with van der Waals surface area (Å²) in [6, 6.07) is 3.79. The highest BCUT2D eigenvalue weighted by atomic mass is 16.2. The first-order chi connectivity index (χ1) is 11.1. The number of fused-ring (bicyclic) bond motifs is 2. The fourth-order valence-corrected chi connectivity index (χ4v) is 3.93. The average molecular weight is 313 g/mol.